The molecule has 1 atom stereocenters. The maximum Gasteiger partial charge on any atom is 0.320 e. The number of aromatic nitrogens is 1. The fourth-order valence-electron chi connectivity index (χ4n) is 2.72. The Morgan fingerprint density at radius 3 is 3.00 bits per heavy atom. The van der Waals surface area contributed by atoms with Crippen molar-refractivity contribution in [2.45, 2.75) is 12.5 Å². The lowest BCUT2D eigenvalue weighted by Gasteiger charge is -2.26. The Kier molecular flexibility index (Phi) is 4.69. The highest BCUT2D eigenvalue weighted by Gasteiger charge is 2.19. The number of rotatable bonds is 3. The van der Waals surface area contributed by atoms with Crippen LogP contribution in [0.5, 0.6) is 0 Å². The van der Waals surface area contributed by atoms with Crippen molar-refractivity contribution >= 4 is 29.1 Å². The Labute approximate surface area is 145 Å². The normalized spacial score (nSPS) is 15.5. The topological polar surface area (TPSA) is 125 Å². The lowest BCUT2D eigenvalue weighted by molar-refractivity contribution is 0.248. The van der Waals surface area contributed by atoms with Crippen LogP contribution in [-0.2, 0) is 11.2 Å². The van der Waals surface area contributed by atoms with E-state index in [0.717, 1.165) is 12.1 Å². The summed E-state index contributed by atoms with van der Waals surface area (Å²) in [4.78, 5) is 16.3. The largest absolute Gasteiger partial charge is 0.481 e. The van der Waals surface area contributed by atoms with Crippen molar-refractivity contribution in [2.24, 2.45) is 0 Å². The highest BCUT2D eigenvalue weighted by Crippen LogP contribution is 2.21. The maximum absolute atomic E-state index is 12.2. The summed E-state index contributed by atoms with van der Waals surface area (Å²) in [6.07, 6.45) is 2.16. The summed E-state index contributed by atoms with van der Waals surface area (Å²) in [6.45, 7) is 0.657. The van der Waals surface area contributed by atoms with E-state index in [0.29, 0.717) is 23.6 Å². The minimum absolute atomic E-state index is 0.0202. The first kappa shape index (κ1) is 16.6. The molecule has 130 valence electrons. The van der Waals surface area contributed by atoms with E-state index in [2.05, 4.69) is 20.9 Å². The number of anilines is 3. The third-order valence-corrected chi connectivity index (χ3v) is 3.98. The van der Waals surface area contributed by atoms with Crippen molar-refractivity contribution in [3.05, 3.63) is 47.7 Å². The summed E-state index contributed by atoms with van der Waals surface area (Å²) in [5.74, 6) is 0.236. The van der Waals surface area contributed by atoms with Crippen molar-refractivity contribution in [3.8, 4) is 0 Å². The maximum atomic E-state index is 12.2. The molecule has 1 aliphatic rings. The van der Waals surface area contributed by atoms with E-state index in [4.69, 9.17) is 15.9 Å². The van der Waals surface area contributed by atoms with Gasteiger partial charge in [0.25, 0.3) is 0 Å². The molecule has 1 aromatic heterocycles. The predicted octanol–water partition coefficient (Wildman–Crippen LogP) is 1.79. The summed E-state index contributed by atoms with van der Waals surface area (Å²) >= 11 is 0. The third-order valence-electron chi connectivity index (χ3n) is 3.98. The fraction of sp³-hybridized carbons (Fsp3) is 0.235. The monoisotopic (exact) mass is 340 g/mol. The van der Waals surface area contributed by atoms with Crippen molar-refractivity contribution in [3.63, 3.8) is 0 Å². The number of nitrogens with one attached hydrogen (secondary N) is 4. The summed E-state index contributed by atoms with van der Waals surface area (Å²) in [5.41, 5.74) is 8.83. The number of nitrogen functional groups attached to an aromatic ring is 1. The van der Waals surface area contributed by atoms with Gasteiger partial charge in [-0.1, -0.05) is 18.2 Å². The molecule has 1 aliphatic heterocycles. The molecule has 25 heavy (non-hydrogen) atoms. The molecule has 0 radical (unpaired) electrons. The van der Waals surface area contributed by atoms with E-state index >= 15 is 0 Å². The van der Waals surface area contributed by atoms with Crippen LogP contribution in [0.2, 0.25) is 0 Å². The summed E-state index contributed by atoms with van der Waals surface area (Å²) in [6, 6.07) is 9.15. The summed E-state index contributed by atoms with van der Waals surface area (Å²) < 4.78 is 4.82. The minimum Gasteiger partial charge on any atom is -0.481 e. The van der Waals surface area contributed by atoms with Gasteiger partial charge in [-0.25, -0.2) is 9.78 Å². The molecule has 0 aliphatic carbocycles. The second kappa shape index (κ2) is 7.08. The van der Waals surface area contributed by atoms with Gasteiger partial charge in [0.2, 0.25) is 5.90 Å². The van der Waals surface area contributed by atoms with E-state index in [1.807, 2.05) is 24.3 Å². The highest BCUT2D eigenvalue weighted by molar-refractivity contribution is 5.97. The summed E-state index contributed by atoms with van der Waals surface area (Å²) in [7, 11) is 1.39. The van der Waals surface area contributed by atoms with Crippen molar-refractivity contribution in [1.82, 2.24) is 10.3 Å². The highest BCUT2D eigenvalue weighted by atomic mass is 16.5. The number of benzene rings is 1. The number of carbonyl (C=O) groups is 1. The number of amides is 2. The first-order valence-corrected chi connectivity index (χ1v) is 7.84. The molecule has 2 aromatic rings. The number of urea groups is 1. The third kappa shape index (κ3) is 3.79. The number of nitrogens with two attached hydrogens (primary N) is 1. The van der Waals surface area contributed by atoms with E-state index < -0.39 is 0 Å². The minimum atomic E-state index is -0.354. The van der Waals surface area contributed by atoms with Crippen LogP contribution < -0.4 is 21.7 Å². The molecular weight excluding hydrogens is 320 g/mol. The average Bonchev–Trinajstić information content (AvgIpc) is 2.61. The first-order valence-electron chi connectivity index (χ1n) is 7.84. The SMILES string of the molecule is COC(=N)c1cnc(NC(=O)NC2CNc3ccccc3C2)cc1N. The molecule has 1 unspecified atom stereocenters. The molecule has 1 aromatic carbocycles. The van der Waals surface area contributed by atoms with Gasteiger partial charge in [0.05, 0.1) is 18.7 Å². The molecule has 0 saturated carbocycles. The van der Waals surface area contributed by atoms with Gasteiger partial charge in [-0.2, -0.15) is 0 Å². The molecule has 3 rings (SSSR count). The van der Waals surface area contributed by atoms with Crippen molar-refractivity contribution < 1.29 is 9.53 Å². The number of fused-ring (bicyclic) bond motifs is 1. The van der Waals surface area contributed by atoms with Crippen LogP contribution in [0, 0.1) is 5.41 Å². The number of para-hydroxylation sites is 1. The molecule has 2 amide bonds. The number of nitrogens with zero attached hydrogens (tertiary/aromatic N) is 1. The first-order chi connectivity index (χ1) is 12.1. The van der Waals surface area contributed by atoms with Gasteiger partial charge in [-0.05, 0) is 18.1 Å². The lowest BCUT2D eigenvalue weighted by Crippen LogP contribution is -2.45. The van der Waals surface area contributed by atoms with Crippen LogP contribution in [0.3, 0.4) is 0 Å². The fourth-order valence-corrected chi connectivity index (χ4v) is 2.72. The zero-order valence-electron chi connectivity index (χ0n) is 13.8. The zero-order valence-corrected chi connectivity index (χ0v) is 13.8. The van der Waals surface area contributed by atoms with Crippen LogP contribution in [0.15, 0.2) is 36.5 Å². The molecule has 8 heteroatoms. The average molecular weight is 340 g/mol. The number of pyridine rings is 1. The van der Waals surface area contributed by atoms with Gasteiger partial charge in [0.15, 0.2) is 0 Å². The number of methoxy groups -OCH3 is 1. The number of hydrogen-bond acceptors (Lipinski definition) is 6. The van der Waals surface area contributed by atoms with Crippen molar-refractivity contribution in [2.75, 3.05) is 30.0 Å². The van der Waals surface area contributed by atoms with E-state index in [1.165, 1.54) is 24.9 Å². The van der Waals surface area contributed by atoms with E-state index in [-0.39, 0.29) is 18.0 Å². The van der Waals surface area contributed by atoms with Crippen LogP contribution in [-0.4, -0.2) is 36.6 Å². The van der Waals surface area contributed by atoms with E-state index in [1.54, 1.807) is 0 Å². The lowest BCUT2D eigenvalue weighted by atomic mass is 10.00. The zero-order chi connectivity index (χ0) is 17.8. The Morgan fingerprint density at radius 2 is 2.24 bits per heavy atom. The Bertz CT molecular complexity index is 807. The van der Waals surface area contributed by atoms with Crippen LogP contribution in [0.1, 0.15) is 11.1 Å². The molecule has 6 N–H and O–H groups in total. The molecule has 2 heterocycles. The second-order valence-corrected chi connectivity index (χ2v) is 5.73. The number of ether oxygens (including phenoxy) is 1. The smallest absolute Gasteiger partial charge is 0.320 e. The molecular formula is C17H20N6O2. The number of hydrogen-bond donors (Lipinski definition) is 5. The van der Waals surface area contributed by atoms with Gasteiger partial charge in [0.1, 0.15) is 5.82 Å². The molecule has 0 spiro atoms. The Morgan fingerprint density at radius 1 is 1.44 bits per heavy atom. The van der Waals surface area contributed by atoms with E-state index in [9.17, 15) is 4.79 Å². The molecule has 0 bridgehead atoms. The second-order valence-electron chi connectivity index (χ2n) is 5.73. The summed E-state index contributed by atoms with van der Waals surface area (Å²) in [5, 5.41) is 16.5. The van der Waals surface area contributed by atoms with Crippen molar-refractivity contribution in [1.29, 1.82) is 5.41 Å². The van der Waals surface area contributed by atoms with Crippen LogP contribution in [0.25, 0.3) is 0 Å². The molecule has 0 fully saturated rings. The van der Waals surface area contributed by atoms with Gasteiger partial charge in [-0.3, -0.25) is 10.7 Å². The molecule has 8 nitrogen and oxygen atoms in total. The molecule has 0 saturated heterocycles. The van der Waals surface area contributed by atoms with Crippen LogP contribution >= 0.6 is 0 Å². The Balaban J connectivity index is 1.60. The predicted molar refractivity (Wildman–Crippen MR) is 97.1 cm³/mol. The van der Waals surface area contributed by atoms with Gasteiger partial charge >= 0.3 is 6.03 Å². The van der Waals surface area contributed by atoms with Gasteiger partial charge in [0, 0.05) is 30.2 Å². The van der Waals surface area contributed by atoms with Gasteiger partial charge in [-0.15, -0.1) is 0 Å². The van der Waals surface area contributed by atoms with Gasteiger partial charge < -0.3 is 21.1 Å². The quantitative estimate of drug-likeness (QED) is 0.430. The Hall–Kier alpha value is -3.29. The number of carbonyl (C=O) groups excluding carboxylic acids is 1. The van der Waals surface area contributed by atoms with Crippen LogP contribution in [0.4, 0.5) is 22.0 Å². The standard InChI is InChI=1S/C17H20N6O2/c1-25-16(19)12-9-21-15(7-13(12)18)23-17(24)22-11-6-10-4-2-3-5-14(10)20-8-11/h2-5,7,9,11,19-20H,6,8H2,1H3,(H4,18,21,22,23,24).